The fraction of sp³-hybridized carbons (Fsp3) is 0.857. The Balaban J connectivity index is 0. The molecular weight excluding hydrogens is 227 g/mol. The Bertz CT molecular complexity index is 142. The Hall–Kier alpha value is -0.590. The molecule has 0 rings (SSSR count). The molecule has 0 atom stereocenters. The molecule has 0 saturated carbocycles. The first-order chi connectivity index (χ1) is 7.22. The predicted molar refractivity (Wildman–Crippen MR) is 50.7 cm³/mol. The van der Waals surface area contributed by atoms with Crippen LogP contribution >= 0.6 is 8.25 Å². The summed E-state index contributed by atoms with van der Waals surface area (Å²) in [4.78, 5) is 17.8. The van der Waals surface area contributed by atoms with Crippen molar-refractivity contribution in [2.24, 2.45) is 0 Å². The summed E-state index contributed by atoms with van der Waals surface area (Å²) < 4.78 is 22.9. The van der Waals surface area contributed by atoms with Crippen molar-refractivity contribution in [2.45, 2.75) is 20.8 Å². The molecule has 0 radical (unpaired) electrons. The third-order valence-corrected chi connectivity index (χ3v) is 1.15. The van der Waals surface area contributed by atoms with Crippen molar-refractivity contribution >= 4 is 14.7 Å². The Morgan fingerprint density at radius 2 is 1.47 bits per heavy atom. The topological polar surface area (TPSA) is 80.3 Å². The average Bonchev–Trinajstić information content (AvgIpc) is 2.25. The van der Waals surface area contributed by atoms with E-state index in [-0.39, 0.29) is 0 Å². The van der Waals surface area contributed by atoms with Gasteiger partial charge in [0.25, 0.3) is 6.47 Å². The molecule has 0 aromatic carbocycles. The van der Waals surface area contributed by atoms with Gasteiger partial charge in [-0.15, -0.1) is 0 Å². The van der Waals surface area contributed by atoms with Crippen molar-refractivity contribution < 1.29 is 33.2 Å². The molecule has 0 aliphatic carbocycles. The Labute approximate surface area is 89.4 Å². The van der Waals surface area contributed by atoms with Crippen LogP contribution in [-0.2, 0) is 33.2 Å². The summed E-state index contributed by atoms with van der Waals surface area (Å²) in [5, 5.41) is 0. The molecule has 15 heavy (non-hydrogen) atoms. The molecule has 0 aromatic heterocycles. The molecule has 7 nitrogen and oxygen atoms in total. The lowest BCUT2D eigenvalue weighted by atomic mass is 10.9. The van der Waals surface area contributed by atoms with E-state index in [0.717, 1.165) is 0 Å². The van der Waals surface area contributed by atoms with Crippen molar-refractivity contribution in [3.05, 3.63) is 0 Å². The molecule has 0 spiro atoms. The largest absolute Gasteiger partial charge is 0.759 e. The fourth-order valence-electron chi connectivity index (χ4n) is 0.272. The normalized spacial score (nSPS) is 8.73. The minimum atomic E-state index is -2.29. The van der Waals surface area contributed by atoms with Crippen molar-refractivity contribution in [3.63, 3.8) is 0 Å². The van der Waals surface area contributed by atoms with E-state index in [1.807, 2.05) is 0 Å². The van der Waals surface area contributed by atoms with E-state index in [9.17, 15) is 9.36 Å². The second-order valence-corrected chi connectivity index (χ2v) is 2.48. The first-order valence-electron chi connectivity index (χ1n) is 4.34. The van der Waals surface area contributed by atoms with Crippen LogP contribution in [0, 0.1) is 0 Å². The van der Waals surface area contributed by atoms with Gasteiger partial charge >= 0.3 is 8.25 Å². The highest BCUT2D eigenvalue weighted by Gasteiger charge is 2.23. The van der Waals surface area contributed by atoms with E-state index in [1.54, 1.807) is 20.8 Å². The maximum absolute atomic E-state index is 10.4. The van der Waals surface area contributed by atoms with Crippen LogP contribution in [0.3, 0.4) is 0 Å². The number of hydrogen-bond donors (Lipinski definition) is 0. The van der Waals surface area contributed by atoms with Crippen LogP contribution < -0.4 is 0 Å². The van der Waals surface area contributed by atoms with Crippen molar-refractivity contribution in [1.29, 1.82) is 0 Å². The number of ether oxygens (including phenoxy) is 1. The molecule has 0 aliphatic heterocycles. The molecule has 0 saturated heterocycles. The smallest absolute Gasteiger partial charge is 0.468 e. The standard InChI is InChI=1S/C4H10O5P.C3H6O2/c1-3-6-8-10(5)9-7-4-2;1-2-5-3-4/h3-4H2,1-2H3;3H,2H2,1H3/q+1;. The number of rotatable bonds is 8. The third-order valence-electron chi connectivity index (χ3n) is 0.698. The maximum atomic E-state index is 10.4. The van der Waals surface area contributed by atoms with Gasteiger partial charge in [0.05, 0.1) is 29.2 Å². The fourth-order valence-corrected chi connectivity index (χ4v) is 0.680. The number of carbonyl (C=O) groups excluding carboxylic acids is 1. The van der Waals surface area contributed by atoms with Crippen LogP contribution in [0.1, 0.15) is 20.8 Å². The lowest BCUT2D eigenvalue weighted by Gasteiger charge is -1.85. The summed E-state index contributed by atoms with van der Waals surface area (Å²) >= 11 is 0. The lowest BCUT2D eigenvalue weighted by Crippen LogP contribution is -1.89. The van der Waals surface area contributed by atoms with Gasteiger partial charge in [0.15, 0.2) is 0 Å². The Morgan fingerprint density at radius 3 is 1.67 bits per heavy atom. The number of hydrogen-bond acceptors (Lipinski definition) is 7. The first-order valence-corrected chi connectivity index (χ1v) is 5.44. The van der Waals surface area contributed by atoms with Gasteiger partial charge in [0, 0.05) is 4.57 Å². The van der Waals surface area contributed by atoms with E-state index < -0.39 is 8.25 Å². The van der Waals surface area contributed by atoms with Crippen molar-refractivity contribution in [3.8, 4) is 0 Å². The summed E-state index contributed by atoms with van der Waals surface area (Å²) in [6.07, 6.45) is 0. The van der Waals surface area contributed by atoms with Gasteiger partial charge in [-0.1, -0.05) is 0 Å². The van der Waals surface area contributed by atoms with Gasteiger partial charge in [-0.2, -0.15) is 9.78 Å². The van der Waals surface area contributed by atoms with E-state index >= 15 is 0 Å². The van der Waals surface area contributed by atoms with Crippen LogP contribution in [0.15, 0.2) is 0 Å². The van der Waals surface area contributed by atoms with Gasteiger partial charge < -0.3 is 4.74 Å². The van der Waals surface area contributed by atoms with Gasteiger partial charge in [-0.3, -0.25) is 4.79 Å². The van der Waals surface area contributed by atoms with E-state index in [1.165, 1.54) is 0 Å². The van der Waals surface area contributed by atoms with Crippen LogP contribution in [0.4, 0.5) is 0 Å². The predicted octanol–water partition coefficient (Wildman–Crippen LogP) is 1.76. The van der Waals surface area contributed by atoms with Crippen LogP contribution in [0.2, 0.25) is 0 Å². The third kappa shape index (κ3) is 19.7. The maximum Gasteiger partial charge on any atom is 0.759 e. The Morgan fingerprint density at radius 1 is 1.00 bits per heavy atom. The van der Waals surface area contributed by atoms with Crippen LogP contribution in [0.25, 0.3) is 0 Å². The molecule has 90 valence electrons. The van der Waals surface area contributed by atoms with Gasteiger partial charge in [0.1, 0.15) is 0 Å². The molecule has 0 bridgehead atoms. The molecule has 0 heterocycles. The summed E-state index contributed by atoms with van der Waals surface area (Å²) in [6.45, 7) is 6.69. The number of carbonyl (C=O) groups is 1. The summed E-state index contributed by atoms with van der Waals surface area (Å²) in [5.74, 6) is 0. The molecule has 0 N–H and O–H groups in total. The first kappa shape index (κ1) is 16.8. The Kier molecular flexibility index (Phi) is 17.8. The highest BCUT2D eigenvalue weighted by molar-refractivity contribution is 7.32. The molecule has 0 unspecified atom stereocenters. The lowest BCUT2D eigenvalue weighted by molar-refractivity contribution is -0.255. The van der Waals surface area contributed by atoms with Gasteiger partial charge in [-0.25, -0.2) is 0 Å². The average molecular weight is 243 g/mol. The minimum Gasteiger partial charge on any atom is -0.468 e. The van der Waals surface area contributed by atoms with Crippen molar-refractivity contribution in [2.75, 3.05) is 19.8 Å². The monoisotopic (exact) mass is 243 g/mol. The van der Waals surface area contributed by atoms with Gasteiger partial charge in [-0.05, 0) is 20.8 Å². The SMILES string of the molecule is CCOC=O.CCOO[P+](=O)OOCC. The minimum absolute atomic E-state index is 0.316. The van der Waals surface area contributed by atoms with Crippen LogP contribution in [-0.4, -0.2) is 26.3 Å². The molecule has 0 amide bonds. The molecule has 0 fully saturated rings. The van der Waals surface area contributed by atoms with E-state index in [2.05, 4.69) is 23.9 Å². The van der Waals surface area contributed by atoms with Crippen LogP contribution in [0.5, 0.6) is 0 Å². The summed E-state index contributed by atoms with van der Waals surface area (Å²) in [7, 11) is -2.29. The zero-order valence-corrected chi connectivity index (χ0v) is 9.90. The second kappa shape index (κ2) is 15.9. The van der Waals surface area contributed by atoms with E-state index in [0.29, 0.717) is 26.3 Å². The highest BCUT2D eigenvalue weighted by atomic mass is 31.1. The molecular formula is C7H16O7P+. The second-order valence-electron chi connectivity index (χ2n) is 1.74. The van der Waals surface area contributed by atoms with Gasteiger partial charge in [0.2, 0.25) is 0 Å². The van der Waals surface area contributed by atoms with E-state index in [4.69, 9.17) is 0 Å². The molecule has 0 aromatic rings. The summed E-state index contributed by atoms with van der Waals surface area (Å²) in [5.41, 5.74) is 0. The zero-order valence-electron chi connectivity index (χ0n) is 9.00. The highest BCUT2D eigenvalue weighted by Crippen LogP contribution is 2.23. The summed E-state index contributed by atoms with van der Waals surface area (Å²) in [6, 6.07) is 0. The zero-order chi connectivity index (χ0) is 11.9. The quantitative estimate of drug-likeness (QED) is 0.278. The molecule has 0 aliphatic rings. The van der Waals surface area contributed by atoms with Crippen molar-refractivity contribution in [1.82, 2.24) is 0 Å². The molecule has 8 heteroatoms.